The standard InChI is InChI=1S/C19H14BrFN2O2S/c1-10-7-12(20)5-6-15(10)22-19-23-16(9-26-19)13-8-11-3-2-4-14(21)17(11)25-18(13)24/h2-9,18,24H,1H3,(H,22,23). The molecular formula is C19H14BrFN2O2S. The van der Waals surface area contributed by atoms with Crippen LogP contribution in [0.1, 0.15) is 16.8 Å². The number of aryl methyl sites for hydroxylation is 1. The number of hydrogen-bond acceptors (Lipinski definition) is 5. The number of nitrogens with zero attached hydrogens (tertiary/aromatic N) is 1. The molecule has 4 rings (SSSR count). The molecular weight excluding hydrogens is 419 g/mol. The molecule has 1 aromatic heterocycles. The molecule has 1 atom stereocenters. The highest BCUT2D eigenvalue weighted by atomic mass is 79.9. The second-order valence-electron chi connectivity index (χ2n) is 5.85. The quantitative estimate of drug-likeness (QED) is 0.585. The van der Waals surface area contributed by atoms with Crippen LogP contribution in [0.2, 0.25) is 0 Å². The maximum absolute atomic E-state index is 13.8. The Hall–Kier alpha value is -2.22. The monoisotopic (exact) mass is 432 g/mol. The van der Waals surface area contributed by atoms with Gasteiger partial charge in [-0.05, 0) is 42.8 Å². The van der Waals surface area contributed by atoms with Crippen LogP contribution in [-0.4, -0.2) is 16.4 Å². The molecule has 3 aromatic rings. The number of para-hydroxylation sites is 1. The topological polar surface area (TPSA) is 54.4 Å². The summed E-state index contributed by atoms with van der Waals surface area (Å²) in [5, 5.41) is 16.1. The second kappa shape index (κ2) is 6.83. The largest absolute Gasteiger partial charge is 0.457 e. The smallest absolute Gasteiger partial charge is 0.226 e. The predicted molar refractivity (Wildman–Crippen MR) is 105 cm³/mol. The van der Waals surface area contributed by atoms with Gasteiger partial charge >= 0.3 is 0 Å². The zero-order valence-corrected chi connectivity index (χ0v) is 16.1. The Morgan fingerprint density at radius 3 is 2.96 bits per heavy atom. The van der Waals surface area contributed by atoms with Gasteiger partial charge in [0.15, 0.2) is 16.7 Å². The lowest BCUT2D eigenvalue weighted by molar-refractivity contribution is 0.0285. The fourth-order valence-corrected chi connectivity index (χ4v) is 3.93. The Bertz CT molecular complexity index is 1020. The zero-order chi connectivity index (χ0) is 18.3. The average Bonchev–Trinajstić information content (AvgIpc) is 3.06. The molecule has 4 nitrogen and oxygen atoms in total. The highest BCUT2D eigenvalue weighted by molar-refractivity contribution is 9.10. The molecule has 26 heavy (non-hydrogen) atoms. The molecule has 2 heterocycles. The van der Waals surface area contributed by atoms with E-state index in [1.165, 1.54) is 17.4 Å². The van der Waals surface area contributed by atoms with Gasteiger partial charge in [0.2, 0.25) is 6.29 Å². The van der Waals surface area contributed by atoms with E-state index in [0.717, 1.165) is 15.7 Å². The summed E-state index contributed by atoms with van der Waals surface area (Å²) in [6.45, 7) is 2.01. The minimum absolute atomic E-state index is 0.0582. The second-order valence-corrected chi connectivity index (χ2v) is 7.62. The Labute approximate surface area is 162 Å². The highest BCUT2D eigenvalue weighted by Gasteiger charge is 2.25. The van der Waals surface area contributed by atoms with Gasteiger partial charge in [0.1, 0.15) is 0 Å². The summed E-state index contributed by atoms with van der Waals surface area (Å²) in [6.07, 6.45) is 0.444. The minimum atomic E-state index is -1.26. The number of ether oxygens (including phenoxy) is 1. The van der Waals surface area contributed by atoms with Crippen molar-refractivity contribution >= 4 is 49.7 Å². The number of hydrogen-bond donors (Lipinski definition) is 2. The van der Waals surface area contributed by atoms with E-state index in [1.807, 2.05) is 30.5 Å². The normalized spacial score (nSPS) is 15.8. The summed E-state index contributed by atoms with van der Waals surface area (Å²) in [4.78, 5) is 4.53. The van der Waals surface area contributed by atoms with E-state index in [0.29, 0.717) is 22.0 Å². The number of rotatable bonds is 3. The maximum atomic E-state index is 13.8. The van der Waals surface area contributed by atoms with E-state index < -0.39 is 12.1 Å². The van der Waals surface area contributed by atoms with Crippen molar-refractivity contribution in [1.82, 2.24) is 4.98 Å². The van der Waals surface area contributed by atoms with Gasteiger partial charge < -0.3 is 15.2 Å². The first-order valence-corrected chi connectivity index (χ1v) is 9.52. The number of nitrogens with one attached hydrogen (secondary N) is 1. The third-order valence-corrected chi connectivity index (χ3v) is 5.28. The molecule has 0 fully saturated rings. The van der Waals surface area contributed by atoms with E-state index in [4.69, 9.17) is 4.74 Å². The Balaban J connectivity index is 1.63. The highest BCUT2D eigenvalue weighted by Crippen LogP contribution is 2.36. The predicted octanol–water partition coefficient (Wildman–Crippen LogP) is 5.35. The SMILES string of the molecule is Cc1cc(Br)ccc1Nc1nc(C2=Cc3cccc(F)c3OC2O)cs1. The van der Waals surface area contributed by atoms with Gasteiger partial charge in [0.25, 0.3) is 0 Å². The van der Waals surface area contributed by atoms with E-state index in [9.17, 15) is 9.50 Å². The molecule has 0 saturated heterocycles. The van der Waals surface area contributed by atoms with E-state index in [-0.39, 0.29) is 5.75 Å². The van der Waals surface area contributed by atoms with Gasteiger partial charge in [-0.25, -0.2) is 9.37 Å². The van der Waals surface area contributed by atoms with Crippen LogP contribution in [0.4, 0.5) is 15.2 Å². The van der Waals surface area contributed by atoms with E-state index in [1.54, 1.807) is 18.2 Å². The maximum Gasteiger partial charge on any atom is 0.226 e. The number of anilines is 2. The summed E-state index contributed by atoms with van der Waals surface area (Å²) < 4.78 is 20.1. The molecule has 7 heteroatoms. The van der Waals surface area contributed by atoms with Crippen molar-refractivity contribution in [3.63, 3.8) is 0 Å². The molecule has 0 amide bonds. The lowest BCUT2D eigenvalue weighted by Gasteiger charge is -2.22. The molecule has 2 aromatic carbocycles. The molecule has 1 aliphatic heterocycles. The van der Waals surface area contributed by atoms with Crippen molar-refractivity contribution < 1.29 is 14.2 Å². The summed E-state index contributed by atoms with van der Waals surface area (Å²) in [5.74, 6) is -0.439. The number of aliphatic hydroxyl groups is 1. The lowest BCUT2D eigenvalue weighted by Crippen LogP contribution is -2.22. The molecule has 132 valence electrons. The summed E-state index contributed by atoms with van der Waals surface area (Å²) >= 11 is 4.87. The summed E-state index contributed by atoms with van der Waals surface area (Å²) in [6, 6.07) is 10.6. The molecule has 2 N–H and O–H groups in total. The number of aromatic nitrogens is 1. The van der Waals surface area contributed by atoms with Gasteiger partial charge in [-0.1, -0.05) is 28.1 Å². The van der Waals surface area contributed by atoms with Gasteiger partial charge in [-0.2, -0.15) is 0 Å². The van der Waals surface area contributed by atoms with Crippen LogP contribution >= 0.6 is 27.3 Å². The Morgan fingerprint density at radius 1 is 1.31 bits per heavy atom. The number of halogens is 2. The zero-order valence-electron chi connectivity index (χ0n) is 13.7. The molecule has 0 spiro atoms. The van der Waals surface area contributed by atoms with Crippen LogP contribution in [-0.2, 0) is 0 Å². The summed E-state index contributed by atoms with van der Waals surface area (Å²) in [7, 11) is 0. The molecule has 0 aliphatic carbocycles. The number of fused-ring (bicyclic) bond motifs is 1. The van der Waals surface area contributed by atoms with Crippen molar-refractivity contribution in [2.24, 2.45) is 0 Å². The molecule has 0 saturated carbocycles. The van der Waals surface area contributed by atoms with Crippen LogP contribution in [0.15, 0.2) is 46.3 Å². The van der Waals surface area contributed by atoms with Crippen LogP contribution in [0, 0.1) is 12.7 Å². The molecule has 1 unspecified atom stereocenters. The third kappa shape index (κ3) is 3.25. The van der Waals surface area contributed by atoms with Crippen LogP contribution in [0.3, 0.4) is 0 Å². The van der Waals surface area contributed by atoms with Gasteiger partial charge in [0.05, 0.1) is 5.69 Å². The van der Waals surface area contributed by atoms with Crippen molar-refractivity contribution in [3.8, 4) is 5.75 Å². The van der Waals surface area contributed by atoms with Crippen LogP contribution in [0.5, 0.6) is 5.75 Å². The van der Waals surface area contributed by atoms with Crippen molar-refractivity contribution in [2.45, 2.75) is 13.2 Å². The number of thiazole rings is 1. The third-order valence-electron chi connectivity index (χ3n) is 4.03. The molecule has 0 radical (unpaired) electrons. The lowest BCUT2D eigenvalue weighted by atomic mass is 10.0. The fraction of sp³-hybridized carbons (Fsp3) is 0.105. The van der Waals surface area contributed by atoms with Crippen LogP contribution < -0.4 is 10.1 Å². The van der Waals surface area contributed by atoms with Crippen molar-refractivity contribution in [2.75, 3.05) is 5.32 Å². The minimum Gasteiger partial charge on any atom is -0.457 e. The number of benzene rings is 2. The Kier molecular flexibility index (Phi) is 4.52. The number of aliphatic hydroxyl groups excluding tert-OH is 1. The van der Waals surface area contributed by atoms with Crippen molar-refractivity contribution in [1.29, 1.82) is 0 Å². The summed E-state index contributed by atoms with van der Waals surface area (Å²) in [5.41, 5.74) is 3.71. The first-order valence-electron chi connectivity index (χ1n) is 7.85. The van der Waals surface area contributed by atoms with E-state index in [2.05, 4.69) is 26.2 Å². The Morgan fingerprint density at radius 2 is 2.15 bits per heavy atom. The van der Waals surface area contributed by atoms with E-state index >= 15 is 0 Å². The molecule has 1 aliphatic rings. The van der Waals surface area contributed by atoms with Crippen LogP contribution in [0.25, 0.3) is 11.6 Å². The van der Waals surface area contributed by atoms with Gasteiger partial charge in [-0.3, -0.25) is 0 Å². The van der Waals surface area contributed by atoms with Crippen molar-refractivity contribution in [3.05, 3.63) is 68.9 Å². The average molecular weight is 433 g/mol. The first kappa shape index (κ1) is 17.2. The van der Waals surface area contributed by atoms with Gasteiger partial charge in [-0.15, -0.1) is 11.3 Å². The van der Waals surface area contributed by atoms with Gasteiger partial charge in [0, 0.05) is 26.7 Å². The fourth-order valence-electron chi connectivity index (χ4n) is 2.72. The molecule has 0 bridgehead atoms. The first-order chi connectivity index (χ1) is 12.5.